The number of imidazole rings is 1. The molecule has 0 bridgehead atoms. The van der Waals surface area contributed by atoms with Crippen LogP contribution in [0.1, 0.15) is 48.8 Å². The molecule has 1 aromatic carbocycles. The Morgan fingerprint density at radius 3 is 2.62 bits per heavy atom. The Morgan fingerprint density at radius 1 is 1.24 bits per heavy atom. The molecule has 0 N–H and O–H groups in total. The van der Waals surface area contributed by atoms with E-state index in [1.54, 1.807) is 23.9 Å². The predicted octanol–water partition coefficient (Wildman–Crippen LogP) is 2.61. The van der Waals surface area contributed by atoms with Gasteiger partial charge in [-0.2, -0.15) is 0 Å². The quantitative estimate of drug-likeness (QED) is 0.783. The number of carbonyl (C=O) groups is 2. The molecule has 1 aromatic heterocycles. The highest BCUT2D eigenvalue weighted by Crippen LogP contribution is 2.39. The molecule has 1 saturated carbocycles. The van der Waals surface area contributed by atoms with Crippen molar-refractivity contribution in [1.82, 2.24) is 19.4 Å². The maximum Gasteiger partial charge on any atom is 0.290 e. The summed E-state index contributed by atoms with van der Waals surface area (Å²) in [5, 5.41) is 0. The first-order valence-electron chi connectivity index (χ1n) is 10.2. The molecular weight excluding hydrogens is 368 g/mol. The summed E-state index contributed by atoms with van der Waals surface area (Å²) in [5.74, 6) is 1.29. The molecule has 0 radical (unpaired) electrons. The highest BCUT2D eigenvalue weighted by atomic mass is 16.5. The molecule has 4 rings (SSSR count). The van der Waals surface area contributed by atoms with Gasteiger partial charge in [-0.25, -0.2) is 4.98 Å². The van der Waals surface area contributed by atoms with Gasteiger partial charge in [0.05, 0.1) is 6.54 Å². The van der Waals surface area contributed by atoms with Gasteiger partial charge in [0.1, 0.15) is 11.4 Å². The Hall–Kier alpha value is -2.83. The number of hydrogen-bond acceptors (Lipinski definition) is 4. The summed E-state index contributed by atoms with van der Waals surface area (Å²) in [4.78, 5) is 33.0. The van der Waals surface area contributed by atoms with Crippen LogP contribution >= 0.6 is 0 Å². The zero-order valence-electron chi connectivity index (χ0n) is 17.3. The van der Waals surface area contributed by atoms with E-state index in [0.717, 1.165) is 37.0 Å². The number of fused-ring (bicyclic) bond motifs is 1. The van der Waals surface area contributed by atoms with E-state index in [4.69, 9.17) is 4.74 Å². The van der Waals surface area contributed by atoms with Crippen molar-refractivity contribution in [3.8, 4) is 5.75 Å². The van der Waals surface area contributed by atoms with E-state index in [1.807, 2.05) is 48.2 Å². The summed E-state index contributed by atoms with van der Waals surface area (Å²) in [6.45, 7) is 2.63. The van der Waals surface area contributed by atoms with Crippen LogP contribution in [-0.4, -0.2) is 56.4 Å². The van der Waals surface area contributed by atoms with Gasteiger partial charge in [0, 0.05) is 51.6 Å². The van der Waals surface area contributed by atoms with E-state index < -0.39 is 5.60 Å². The van der Waals surface area contributed by atoms with E-state index in [-0.39, 0.29) is 17.9 Å². The van der Waals surface area contributed by atoms with Crippen molar-refractivity contribution in [3.05, 3.63) is 48.0 Å². The third kappa shape index (κ3) is 3.73. The number of aromatic nitrogens is 2. The largest absolute Gasteiger partial charge is 0.485 e. The lowest BCUT2D eigenvalue weighted by atomic mass is 9.81. The zero-order chi connectivity index (χ0) is 20.6. The van der Waals surface area contributed by atoms with Crippen LogP contribution in [-0.2, 0) is 18.4 Å². The molecule has 1 aliphatic heterocycles. The van der Waals surface area contributed by atoms with Crippen molar-refractivity contribution in [3.63, 3.8) is 0 Å². The van der Waals surface area contributed by atoms with E-state index in [0.29, 0.717) is 18.9 Å². The van der Waals surface area contributed by atoms with Gasteiger partial charge < -0.3 is 19.1 Å². The fourth-order valence-electron chi connectivity index (χ4n) is 4.50. The second kappa shape index (κ2) is 7.54. The number of para-hydroxylation sites is 1. The van der Waals surface area contributed by atoms with Crippen LogP contribution in [0.2, 0.25) is 0 Å². The zero-order valence-corrected chi connectivity index (χ0v) is 17.3. The summed E-state index contributed by atoms with van der Waals surface area (Å²) in [6, 6.07) is 8.17. The Balaban J connectivity index is 1.62. The maximum absolute atomic E-state index is 13.3. The lowest BCUT2D eigenvalue weighted by Gasteiger charge is -2.43. The summed E-state index contributed by atoms with van der Waals surface area (Å²) in [6.07, 6.45) is 6.76. The first-order valence-corrected chi connectivity index (χ1v) is 10.2. The molecule has 2 aromatic rings. The molecule has 2 heterocycles. The fourth-order valence-corrected chi connectivity index (χ4v) is 4.50. The van der Waals surface area contributed by atoms with Crippen LogP contribution in [0.15, 0.2) is 36.7 Å². The highest BCUT2D eigenvalue weighted by molar-refractivity contribution is 5.91. The van der Waals surface area contributed by atoms with Crippen LogP contribution < -0.4 is 4.74 Å². The number of ether oxygens (including phenoxy) is 1. The van der Waals surface area contributed by atoms with E-state index in [2.05, 4.69) is 4.98 Å². The number of aryl methyl sites for hydroxylation is 1. The van der Waals surface area contributed by atoms with Gasteiger partial charge in [0.25, 0.3) is 5.91 Å². The minimum absolute atomic E-state index is 0.0832. The molecule has 1 fully saturated rings. The van der Waals surface area contributed by atoms with Crippen molar-refractivity contribution < 1.29 is 14.3 Å². The molecule has 0 unspecified atom stereocenters. The molecule has 2 amide bonds. The lowest BCUT2D eigenvalue weighted by Crippen LogP contribution is -2.52. The molecule has 7 nitrogen and oxygen atoms in total. The molecule has 154 valence electrons. The third-order valence-corrected chi connectivity index (χ3v) is 6.35. The maximum atomic E-state index is 13.3. The number of rotatable bonds is 2. The van der Waals surface area contributed by atoms with Crippen molar-refractivity contribution in [2.24, 2.45) is 7.05 Å². The number of benzene rings is 1. The van der Waals surface area contributed by atoms with Gasteiger partial charge in [-0.15, -0.1) is 0 Å². The lowest BCUT2D eigenvalue weighted by molar-refractivity contribution is -0.131. The topological polar surface area (TPSA) is 67.7 Å². The number of carbonyl (C=O) groups excluding carboxylic acids is 2. The van der Waals surface area contributed by atoms with Gasteiger partial charge in [-0.3, -0.25) is 9.59 Å². The Kier molecular flexibility index (Phi) is 5.06. The Labute approximate surface area is 171 Å². The minimum atomic E-state index is -0.443. The SMILES string of the molecule is CC(=O)N(C)C1CCC2(CC1)CN(C(=O)c1nccn1C)Cc1ccccc1O2. The second-order valence-electron chi connectivity index (χ2n) is 8.28. The fraction of sp³-hybridized carbons (Fsp3) is 0.500. The predicted molar refractivity (Wildman–Crippen MR) is 108 cm³/mol. The molecule has 0 atom stereocenters. The van der Waals surface area contributed by atoms with E-state index in [9.17, 15) is 9.59 Å². The average molecular weight is 396 g/mol. The Bertz CT molecular complexity index is 914. The molecule has 0 saturated heterocycles. The Morgan fingerprint density at radius 2 is 1.97 bits per heavy atom. The first-order chi connectivity index (χ1) is 13.9. The van der Waals surface area contributed by atoms with Crippen molar-refractivity contribution in [2.45, 2.75) is 50.8 Å². The summed E-state index contributed by atoms with van der Waals surface area (Å²) < 4.78 is 8.33. The standard InChI is InChI=1S/C22H28N4O3/c1-16(27)25(3)18-8-10-22(11-9-18)15-26(21(28)20-23-12-13-24(20)2)14-17-6-4-5-7-19(17)29-22/h4-7,12-13,18H,8-11,14-15H2,1-3H3. The molecule has 1 aliphatic carbocycles. The van der Waals surface area contributed by atoms with Gasteiger partial charge >= 0.3 is 0 Å². The van der Waals surface area contributed by atoms with Crippen LogP contribution in [0.4, 0.5) is 0 Å². The van der Waals surface area contributed by atoms with Gasteiger partial charge in [0.15, 0.2) is 5.82 Å². The number of nitrogens with zero attached hydrogens (tertiary/aromatic N) is 4. The van der Waals surface area contributed by atoms with Crippen LogP contribution in [0.3, 0.4) is 0 Å². The van der Waals surface area contributed by atoms with Gasteiger partial charge in [0.2, 0.25) is 5.91 Å². The molecule has 2 aliphatic rings. The smallest absolute Gasteiger partial charge is 0.290 e. The molecular formula is C22H28N4O3. The molecule has 29 heavy (non-hydrogen) atoms. The van der Waals surface area contributed by atoms with Crippen LogP contribution in [0, 0.1) is 0 Å². The van der Waals surface area contributed by atoms with Gasteiger partial charge in [-0.1, -0.05) is 18.2 Å². The molecule has 7 heteroatoms. The number of hydrogen-bond donors (Lipinski definition) is 0. The van der Waals surface area contributed by atoms with Crippen LogP contribution in [0.5, 0.6) is 5.75 Å². The minimum Gasteiger partial charge on any atom is -0.485 e. The van der Waals surface area contributed by atoms with Crippen LogP contribution in [0.25, 0.3) is 0 Å². The van der Waals surface area contributed by atoms with Crippen molar-refractivity contribution >= 4 is 11.8 Å². The summed E-state index contributed by atoms with van der Waals surface area (Å²) in [7, 11) is 3.70. The van der Waals surface area contributed by atoms with Crippen molar-refractivity contribution in [2.75, 3.05) is 13.6 Å². The normalized spacial score (nSPS) is 23.8. The van der Waals surface area contributed by atoms with E-state index in [1.165, 1.54) is 0 Å². The highest BCUT2D eigenvalue weighted by Gasteiger charge is 2.43. The monoisotopic (exact) mass is 396 g/mol. The van der Waals surface area contributed by atoms with Gasteiger partial charge in [-0.05, 0) is 31.7 Å². The summed E-state index contributed by atoms with van der Waals surface area (Å²) >= 11 is 0. The van der Waals surface area contributed by atoms with Crippen molar-refractivity contribution in [1.29, 1.82) is 0 Å². The summed E-state index contributed by atoms with van der Waals surface area (Å²) in [5.41, 5.74) is 0.566. The number of amides is 2. The first kappa shape index (κ1) is 19.5. The third-order valence-electron chi connectivity index (χ3n) is 6.35. The second-order valence-corrected chi connectivity index (χ2v) is 8.28. The average Bonchev–Trinajstić information content (AvgIpc) is 3.06. The molecule has 1 spiro atoms. The van der Waals surface area contributed by atoms with E-state index >= 15 is 0 Å².